The molecular formula is C20H27O4P. The van der Waals surface area contributed by atoms with Gasteiger partial charge in [0, 0.05) is 0 Å². The summed E-state index contributed by atoms with van der Waals surface area (Å²) in [5.41, 5.74) is 1.84. The minimum atomic E-state index is -4.25. The fourth-order valence-electron chi connectivity index (χ4n) is 2.60. The Balaban J connectivity index is 2.14. The molecule has 2 rings (SSSR count). The molecule has 25 heavy (non-hydrogen) atoms. The third kappa shape index (κ3) is 6.22. The van der Waals surface area contributed by atoms with Gasteiger partial charge in [-0.1, -0.05) is 63.1 Å². The SMILES string of the molecule is CCCCc1ccccc1OP(=O)(O)Oc1ccccc1CCCC. The van der Waals surface area contributed by atoms with Crippen LogP contribution in [0.1, 0.15) is 50.7 Å². The molecule has 0 bridgehead atoms. The molecule has 0 aliphatic carbocycles. The minimum Gasteiger partial charge on any atom is -0.395 e. The van der Waals surface area contributed by atoms with Crippen molar-refractivity contribution in [2.45, 2.75) is 52.4 Å². The average molecular weight is 362 g/mol. The maximum absolute atomic E-state index is 12.5. The summed E-state index contributed by atoms with van der Waals surface area (Å²) in [4.78, 5) is 10.2. The van der Waals surface area contributed by atoms with Gasteiger partial charge in [0.15, 0.2) is 0 Å². The molecule has 0 aliphatic rings. The molecule has 0 amide bonds. The van der Waals surface area contributed by atoms with Gasteiger partial charge in [-0.15, -0.1) is 0 Å². The molecule has 0 heterocycles. The van der Waals surface area contributed by atoms with Crippen LogP contribution in [0.15, 0.2) is 48.5 Å². The van der Waals surface area contributed by atoms with Crippen molar-refractivity contribution < 1.29 is 18.5 Å². The van der Waals surface area contributed by atoms with E-state index < -0.39 is 7.82 Å². The summed E-state index contributed by atoms with van der Waals surface area (Å²) in [5, 5.41) is 0. The average Bonchev–Trinajstić information content (AvgIpc) is 2.59. The maximum Gasteiger partial charge on any atom is 0.584 e. The monoisotopic (exact) mass is 362 g/mol. The maximum atomic E-state index is 12.5. The van der Waals surface area contributed by atoms with Crippen molar-refractivity contribution in [3.05, 3.63) is 59.7 Å². The van der Waals surface area contributed by atoms with Crippen LogP contribution >= 0.6 is 7.82 Å². The highest BCUT2D eigenvalue weighted by Gasteiger charge is 2.27. The number of hydrogen-bond donors (Lipinski definition) is 1. The Morgan fingerprint density at radius 3 is 1.60 bits per heavy atom. The molecule has 0 atom stereocenters. The summed E-state index contributed by atoms with van der Waals surface area (Å²) in [5.74, 6) is 0.820. The standard InChI is InChI=1S/C20H27O4P/c1-3-5-11-17-13-7-9-15-19(17)23-25(21,22)24-20-16-10-8-14-18(20)12-6-4-2/h7-10,13-16H,3-6,11-12H2,1-2H3,(H,21,22). The van der Waals surface area contributed by atoms with Gasteiger partial charge in [0.05, 0.1) is 0 Å². The predicted molar refractivity (Wildman–Crippen MR) is 101 cm³/mol. The van der Waals surface area contributed by atoms with E-state index >= 15 is 0 Å². The van der Waals surface area contributed by atoms with E-state index in [0.717, 1.165) is 49.7 Å². The Morgan fingerprint density at radius 2 is 1.20 bits per heavy atom. The van der Waals surface area contributed by atoms with E-state index in [9.17, 15) is 9.46 Å². The molecule has 136 valence electrons. The summed E-state index contributed by atoms with van der Waals surface area (Å²) >= 11 is 0. The van der Waals surface area contributed by atoms with E-state index in [2.05, 4.69) is 13.8 Å². The zero-order valence-electron chi connectivity index (χ0n) is 15.0. The first kappa shape index (κ1) is 19.6. The normalized spacial score (nSPS) is 11.3. The molecule has 0 spiro atoms. The molecule has 0 aliphatic heterocycles. The van der Waals surface area contributed by atoms with Crippen LogP contribution in [0.3, 0.4) is 0 Å². The Kier molecular flexibility index (Phi) is 7.54. The van der Waals surface area contributed by atoms with E-state index in [1.54, 1.807) is 24.3 Å². The fourth-order valence-corrected chi connectivity index (χ4v) is 3.49. The van der Waals surface area contributed by atoms with Gasteiger partial charge < -0.3 is 9.05 Å². The van der Waals surface area contributed by atoms with E-state index in [0.29, 0.717) is 11.5 Å². The predicted octanol–water partition coefficient (Wildman–Crippen LogP) is 5.93. The van der Waals surface area contributed by atoms with Crippen molar-refractivity contribution in [3.63, 3.8) is 0 Å². The van der Waals surface area contributed by atoms with E-state index in [4.69, 9.17) is 9.05 Å². The van der Waals surface area contributed by atoms with Crippen LogP contribution in [-0.2, 0) is 17.4 Å². The number of phosphoric acid groups is 1. The summed E-state index contributed by atoms with van der Waals surface area (Å²) in [6.07, 6.45) is 5.70. The Labute approximate surface area is 150 Å². The van der Waals surface area contributed by atoms with Crippen molar-refractivity contribution in [3.8, 4) is 11.5 Å². The van der Waals surface area contributed by atoms with E-state index in [-0.39, 0.29) is 0 Å². The fraction of sp³-hybridized carbons (Fsp3) is 0.400. The number of benzene rings is 2. The molecule has 2 aromatic carbocycles. The summed E-state index contributed by atoms with van der Waals surface area (Å²) in [6.45, 7) is 4.22. The summed E-state index contributed by atoms with van der Waals surface area (Å²) in [6, 6.07) is 14.6. The van der Waals surface area contributed by atoms with Crippen LogP contribution in [0.4, 0.5) is 0 Å². The van der Waals surface area contributed by atoms with Crippen LogP contribution in [0.2, 0.25) is 0 Å². The van der Waals surface area contributed by atoms with Crippen molar-refractivity contribution in [2.75, 3.05) is 0 Å². The highest BCUT2D eigenvalue weighted by molar-refractivity contribution is 7.48. The van der Waals surface area contributed by atoms with E-state index in [1.807, 2.05) is 24.3 Å². The topological polar surface area (TPSA) is 55.8 Å². The van der Waals surface area contributed by atoms with Crippen molar-refractivity contribution in [1.29, 1.82) is 0 Å². The first-order valence-electron chi connectivity index (χ1n) is 8.93. The van der Waals surface area contributed by atoms with Gasteiger partial charge in [-0.25, -0.2) is 4.57 Å². The number of hydrogen-bond acceptors (Lipinski definition) is 3. The molecule has 0 saturated carbocycles. The lowest BCUT2D eigenvalue weighted by molar-refractivity contribution is 0.289. The molecule has 1 N–H and O–H groups in total. The second kappa shape index (κ2) is 9.65. The van der Waals surface area contributed by atoms with E-state index in [1.165, 1.54) is 0 Å². The van der Waals surface area contributed by atoms with Gasteiger partial charge >= 0.3 is 7.82 Å². The zero-order chi connectivity index (χ0) is 18.1. The molecular weight excluding hydrogens is 335 g/mol. The van der Waals surface area contributed by atoms with Gasteiger partial charge in [-0.3, -0.25) is 4.89 Å². The molecule has 4 nitrogen and oxygen atoms in total. The van der Waals surface area contributed by atoms with Crippen LogP contribution in [0.5, 0.6) is 11.5 Å². The van der Waals surface area contributed by atoms with Crippen LogP contribution in [-0.4, -0.2) is 4.89 Å². The molecule has 0 aromatic heterocycles. The quantitative estimate of drug-likeness (QED) is 0.532. The Hall–Kier alpha value is -1.77. The minimum absolute atomic E-state index is 0.410. The number of aryl methyl sites for hydroxylation is 2. The Morgan fingerprint density at radius 1 is 0.800 bits per heavy atom. The lowest BCUT2D eigenvalue weighted by atomic mass is 10.1. The lowest BCUT2D eigenvalue weighted by Gasteiger charge is -2.18. The molecule has 0 unspecified atom stereocenters. The molecule has 0 radical (unpaired) electrons. The van der Waals surface area contributed by atoms with Crippen molar-refractivity contribution in [2.24, 2.45) is 0 Å². The number of para-hydroxylation sites is 2. The molecule has 0 saturated heterocycles. The third-order valence-electron chi connectivity index (χ3n) is 3.97. The molecule has 5 heteroatoms. The van der Waals surface area contributed by atoms with Crippen LogP contribution < -0.4 is 9.05 Å². The van der Waals surface area contributed by atoms with Crippen LogP contribution in [0, 0.1) is 0 Å². The zero-order valence-corrected chi connectivity index (χ0v) is 15.9. The first-order chi connectivity index (χ1) is 12.1. The highest BCUT2D eigenvalue weighted by Crippen LogP contribution is 2.46. The summed E-state index contributed by atoms with van der Waals surface area (Å²) in [7, 11) is -4.25. The van der Waals surface area contributed by atoms with Crippen molar-refractivity contribution in [1.82, 2.24) is 0 Å². The van der Waals surface area contributed by atoms with Crippen LogP contribution in [0.25, 0.3) is 0 Å². The molecule has 0 fully saturated rings. The van der Waals surface area contributed by atoms with Gasteiger partial charge in [-0.2, -0.15) is 0 Å². The number of rotatable bonds is 10. The Bertz CT molecular complexity index is 657. The van der Waals surface area contributed by atoms with Gasteiger partial charge in [0.25, 0.3) is 0 Å². The smallest absolute Gasteiger partial charge is 0.395 e. The van der Waals surface area contributed by atoms with Gasteiger partial charge in [0.1, 0.15) is 11.5 Å². The van der Waals surface area contributed by atoms with Gasteiger partial charge in [0.2, 0.25) is 0 Å². The summed E-state index contributed by atoms with van der Waals surface area (Å²) < 4.78 is 23.3. The lowest BCUT2D eigenvalue weighted by Crippen LogP contribution is -2.03. The second-order valence-corrected chi connectivity index (χ2v) is 7.38. The first-order valence-corrected chi connectivity index (χ1v) is 10.4. The number of unbranched alkanes of at least 4 members (excludes halogenated alkanes) is 2. The second-order valence-electron chi connectivity index (χ2n) is 6.07. The highest BCUT2D eigenvalue weighted by atomic mass is 31.2. The largest absolute Gasteiger partial charge is 0.584 e. The molecule has 2 aromatic rings. The number of phosphoric ester groups is 1. The third-order valence-corrected chi connectivity index (χ3v) is 4.83. The van der Waals surface area contributed by atoms with Gasteiger partial charge in [-0.05, 0) is 48.9 Å². The van der Waals surface area contributed by atoms with Crippen molar-refractivity contribution >= 4 is 7.82 Å².